The van der Waals surface area contributed by atoms with E-state index < -0.39 is 35.7 Å². The zero-order valence-corrected chi connectivity index (χ0v) is 99.2. The lowest BCUT2D eigenvalue weighted by molar-refractivity contribution is -0.274. The Balaban J connectivity index is 0.000000424. The van der Waals surface area contributed by atoms with Crippen molar-refractivity contribution in [3.63, 3.8) is 0 Å². The number of benzene rings is 11. The highest BCUT2D eigenvalue weighted by Crippen LogP contribution is 2.41. The van der Waals surface area contributed by atoms with E-state index >= 15 is 0 Å². The molecule has 11 aromatic rings. The van der Waals surface area contributed by atoms with Crippen molar-refractivity contribution < 1.29 is 72.0 Å². The molecule has 0 unspecified atom stereocenters. The van der Waals surface area contributed by atoms with Gasteiger partial charge in [-0.05, 0) is 296 Å². The first kappa shape index (κ1) is 135. The van der Waals surface area contributed by atoms with Crippen LogP contribution in [0.15, 0.2) is 229 Å². The number of rotatable bonds is 18. The fourth-order valence-corrected chi connectivity index (χ4v) is 15.8. The van der Waals surface area contributed by atoms with Gasteiger partial charge in [0.1, 0.15) is 35.0 Å². The first-order chi connectivity index (χ1) is 69.6. The summed E-state index contributed by atoms with van der Waals surface area (Å²) in [5.41, 5.74) is 17.7. The minimum absolute atomic E-state index is 0.0447. The van der Waals surface area contributed by atoms with Gasteiger partial charge >= 0.3 is 18.7 Å². The third-order valence-electron chi connectivity index (χ3n) is 25.3. The molecule has 0 radical (unpaired) electrons. The maximum atomic E-state index is 13.9. The summed E-state index contributed by atoms with van der Waals surface area (Å²) in [5, 5.41) is 10.7. The van der Waals surface area contributed by atoms with Crippen molar-refractivity contribution in [2.24, 2.45) is 0 Å². The Morgan fingerprint density at radius 2 is 0.727 bits per heavy atom. The molecule has 0 bridgehead atoms. The van der Waals surface area contributed by atoms with Crippen molar-refractivity contribution in [3.05, 3.63) is 361 Å². The zero-order chi connectivity index (χ0) is 114. The lowest BCUT2D eigenvalue weighted by Crippen LogP contribution is -2.36. The van der Waals surface area contributed by atoms with Crippen molar-refractivity contribution >= 4 is 68.0 Å². The number of hydrogen-bond acceptors (Lipinski definition) is 7. The fourth-order valence-electron chi connectivity index (χ4n) is 14.7. The average Bonchev–Trinajstić information content (AvgIpc) is 0.816. The molecule has 11 aromatic carbocycles. The maximum Gasteiger partial charge on any atom is 0.573 e. The molecule has 2 heterocycles. The summed E-state index contributed by atoms with van der Waals surface area (Å²) < 4.78 is 162. The Morgan fingerprint density at radius 3 is 1.13 bits per heavy atom. The smallest absolute Gasteiger partial charge is 0.495 e. The van der Waals surface area contributed by atoms with E-state index in [4.69, 9.17) is 70.6 Å². The molecule has 13 rings (SSSR count). The second kappa shape index (κ2) is 64.3. The Bertz CT molecular complexity index is 5740. The first-order valence-corrected chi connectivity index (χ1v) is 54.2. The third kappa shape index (κ3) is 49.1. The summed E-state index contributed by atoms with van der Waals surface area (Å²) in [4.78, 5) is 2.04. The summed E-state index contributed by atoms with van der Waals surface area (Å²) in [6.45, 7) is 72.2. The summed E-state index contributed by atoms with van der Waals surface area (Å²) in [7, 11) is 1.63. The number of aryl methyl sites for hydroxylation is 1. The maximum absolute atomic E-state index is 13.9. The predicted molar refractivity (Wildman–Crippen MR) is 614 cm³/mol. The molecule has 2 saturated heterocycles. The SMILES string of the molecule is CC(C)(C)c1ccc(Cl)c(OC(F)(F)F)c1.CC(C)Oc1ccc(C(C)C)cc1.CC(C)c1ccc(Br)c(C(F)(F)F)c1.CC(C)c1ccc(C(C)(C)C)cc1.CC(C)c1ccc(C2CCOCC2)cc1.CC(C)c1ccc(Cl)c(C#N)c1.CC(C)c1ccc(F)c(C(F)(F)F)c1.CC(C)c1ccc(N2CCOCC2)c(F)c1.CCC(C)(C)c1ccc(C(C)C)cc1.COc1cc(C(C)C)ccc1Cl.Cc1cc(C(C)C)ccc1Cl. The van der Waals surface area contributed by atoms with Crippen molar-refractivity contribution in [1.82, 2.24) is 0 Å². The lowest BCUT2D eigenvalue weighted by atomic mass is 9.81. The fraction of sp³-hybridized carbons (Fsp3) is 0.472. The molecule has 826 valence electrons. The van der Waals surface area contributed by atoms with Gasteiger partial charge in [0.2, 0.25) is 0 Å². The number of ether oxygens (including phenoxy) is 5. The van der Waals surface area contributed by atoms with Gasteiger partial charge in [0.05, 0.1) is 63.9 Å². The van der Waals surface area contributed by atoms with E-state index in [0.29, 0.717) is 98.4 Å². The number of halogens is 16. The van der Waals surface area contributed by atoms with Crippen molar-refractivity contribution in [1.29, 1.82) is 5.26 Å². The minimum Gasteiger partial charge on any atom is -0.495 e. The van der Waals surface area contributed by atoms with Gasteiger partial charge in [-0.15, -0.1) is 13.2 Å². The summed E-state index contributed by atoms with van der Waals surface area (Å²) in [6.07, 6.45) is -9.82. The van der Waals surface area contributed by atoms with Gasteiger partial charge in [0.25, 0.3) is 0 Å². The van der Waals surface area contributed by atoms with Crippen LogP contribution in [-0.4, -0.2) is 59.1 Å². The minimum atomic E-state index is -4.72. The largest absolute Gasteiger partial charge is 0.573 e. The van der Waals surface area contributed by atoms with E-state index in [1.807, 2.05) is 121 Å². The standard InChI is InChI=1S/C14H20O.C14H22.C13H18FNO.C13H20.C12H18O.C11H12ClF3O.C10H10BrF3.C10H10ClN.C10H13ClO.C10H13Cl.C10H10F4/c1-11(2)12-3-5-13(6-4-12)14-7-9-15-10-8-14;1-6-14(4,5)13-9-7-12(8-10-13)11(2)3;1-10(2)11-3-4-13(12(14)9-11)15-5-7-16-8-6-15;1-10(2)11-6-8-12(9-7-11)13(3,4)5;1-9(2)11-5-7-12(8-6-11)13-10(3)4;1-10(2,3)7-4-5-8(12)9(6-7)16-11(13,14)15;1-6(2)7-3-4-9(11)8(5-7)10(12,13)14;1-7(2)8-3-4-10(11)9(5-8)6-12;1-7(2)8-4-5-9(11)10(6-8)12-3;1-7(2)9-4-5-10(11)8(3)6-9;1-6(2)7-3-4-9(11)8(5-7)10(12,13)14/h3-6,11,14H,7-10H2,1-2H3;7-11H,6H2,1-5H3;3-4,9-10H,5-8H2,1-2H3;6-10H,1-5H3;5-10H,1-4H3;4-6H,1-3H3;3-6H,1-2H3;3-5,7H,1-2H3;4-7H,1-3H3;4-7H,1-3H3;3-6H,1-2H3. The molecular weight excluding hydrogens is 2060 g/mol. The normalized spacial score (nSPS) is 12.8. The van der Waals surface area contributed by atoms with Gasteiger partial charge in [-0.3, -0.25) is 0 Å². The van der Waals surface area contributed by atoms with Crippen LogP contribution in [0, 0.1) is 29.9 Å². The van der Waals surface area contributed by atoms with E-state index in [0.717, 1.165) is 83.1 Å². The highest BCUT2D eigenvalue weighted by atomic mass is 79.9. The summed E-state index contributed by atoms with van der Waals surface area (Å²) in [6, 6.07) is 72.6. The number of anilines is 1. The number of alkyl halides is 9. The quantitative estimate of drug-likeness (QED) is 0.0793. The lowest BCUT2D eigenvalue weighted by Gasteiger charge is -2.29. The van der Waals surface area contributed by atoms with Gasteiger partial charge in [-0.1, -0.05) is 397 Å². The first-order valence-electron chi connectivity index (χ1n) is 51.9. The molecule has 0 N–H and O–H groups in total. The molecule has 150 heavy (non-hydrogen) atoms. The van der Waals surface area contributed by atoms with E-state index in [1.165, 1.54) is 99.7 Å². The Kier molecular flexibility index (Phi) is 57.9. The van der Waals surface area contributed by atoms with Crippen LogP contribution in [0.25, 0.3) is 0 Å². The van der Waals surface area contributed by atoms with Crippen LogP contribution in [0.2, 0.25) is 20.1 Å². The van der Waals surface area contributed by atoms with Crippen LogP contribution in [0.5, 0.6) is 17.2 Å². The Labute approximate surface area is 921 Å². The van der Waals surface area contributed by atoms with Crippen LogP contribution in [0.1, 0.15) is 399 Å². The molecule has 0 atom stereocenters. The molecule has 2 aliphatic heterocycles. The molecule has 2 fully saturated rings. The highest BCUT2D eigenvalue weighted by Gasteiger charge is 2.36. The number of nitrogens with zero attached hydrogens (tertiary/aromatic N) is 2. The zero-order valence-electron chi connectivity index (χ0n) is 94.6. The van der Waals surface area contributed by atoms with Crippen molar-refractivity contribution in [2.45, 2.75) is 347 Å². The van der Waals surface area contributed by atoms with E-state index in [-0.39, 0.29) is 49.8 Å². The van der Waals surface area contributed by atoms with Gasteiger partial charge < -0.3 is 28.6 Å². The Morgan fingerprint density at radius 1 is 0.380 bits per heavy atom. The topological polar surface area (TPSA) is 73.2 Å². The van der Waals surface area contributed by atoms with Gasteiger partial charge in [0.15, 0.2) is 0 Å². The molecule has 2 aliphatic rings. The summed E-state index contributed by atoms with van der Waals surface area (Å²) in [5.74, 6) is 5.19. The van der Waals surface area contributed by atoms with E-state index in [1.54, 1.807) is 45.2 Å². The van der Waals surface area contributed by atoms with E-state index in [9.17, 15) is 48.3 Å². The van der Waals surface area contributed by atoms with Crippen LogP contribution < -0.4 is 19.1 Å². The molecule has 23 heteroatoms. The number of methoxy groups -OCH3 is 1. The molecule has 0 aliphatic carbocycles. The van der Waals surface area contributed by atoms with Crippen molar-refractivity contribution in [3.8, 4) is 23.3 Å². The molecule has 7 nitrogen and oxygen atoms in total. The molecule has 0 aromatic heterocycles. The molecule has 0 saturated carbocycles. The average molecular weight is 2230 g/mol. The number of nitriles is 1. The Hall–Kier alpha value is -9.10. The third-order valence-corrected chi connectivity index (χ3v) is 27.4. The van der Waals surface area contributed by atoms with Gasteiger partial charge in [0, 0.05) is 35.8 Å². The molecule has 0 amide bonds. The van der Waals surface area contributed by atoms with Crippen LogP contribution in [-0.2, 0) is 38.1 Å². The van der Waals surface area contributed by atoms with Crippen LogP contribution in [0.3, 0.4) is 0 Å². The second-order valence-electron chi connectivity index (χ2n) is 43.5. The summed E-state index contributed by atoms with van der Waals surface area (Å²) >= 11 is 26.1. The van der Waals surface area contributed by atoms with E-state index in [2.05, 4.69) is 276 Å². The van der Waals surface area contributed by atoms with Crippen LogP contribution in [0.4, 0.5) is 54.0 Å². The number of morpholine rings is 1. The molecule has 0 spiro atoms. The highest BCUT2D eigenvalue weighted by molar-refractivity contribution is 9.10. The van der Waals surface area contributed by atoms with Gasteiger partial charge in [-0.25, -0.2) is 8.78 Å². The monoisotopic (exact) mass is 2230 g/mol. The van der Waals surface area contributed by atoms with Crippen LogP contribution >= 0.6 is 62.3 Å². The second-order valence-corrected chi connectivity index (χ2v) is 46.0. The number of hydrogen-bond donors (Lipinski definition) is 0. The van der Waals surface area contributed by atoms with Gasteiger partial charge in [-0.2, -0.15) is 31.6 Å². The van der Waals surface area contributed by atoms with Crippen molar-refractivity contribution in [2.75, 3.05) is 51.5 Å². The predicted octanol–water partition coefficient (Wildman–Crippen LogP) is 42.4. The molecular formula is C127H166BrCl4F11N2O5.